The number of rotatable bonds is 8. The maximum atomic E-state index is 11.8. The molecule has 0 spiro atoms. The molecule has 0 unspecified atom stereocenters. The average Bonchev–Trinajstić information content (AvgIpc) is 2.45. The predicted octanol–water partition coefficient (Wildman–Crippen LogP) is 1.08. The zero-order valence-electron chi connectivity index (χ0n) is 12.1. The Balaban J connectivity index is 2.37. The summed E-state index contributed by atoms with van der Waals surface area (Å²) in [6.45, 7) is 3.51. The van der Waals surface area contributed by atoms with Gasteiger partial charge in [0.1, 0.15) is 0 Å². The fourth-order valence-electron chi connectivity index (χ4n) is 1.92. The summed E-state index contributed by atoms with van der Waals surface area (Å²) < 4.78 is 0. The third kappa shape index (κ3) is 6.54. The lowest BCUT2D eigenvalue weighted by molar-refractivity contribution is -0.119. The number of likely N-dealkylation sites (N-methyl/N-ethyl adjacent to an activating group) is 1. The molecule has 0 atom stereocenters. The van der Waals surface area contributed by atoms with E-state index in [0.29, 0.717) is 30.6 Å². The number of nitrogens with zero attached hydrogens (tertiary/aromatic N) is 2. The minimum Gasteiger partial charge on any atom is -0.369 e. The van der Waals surface area contributed by atoms with E-state index in [4.69, 9.17) is 11.0 Å². The summed E-state index contributed by atoms with van der Waals surface area (Å²) >= 11 is 0. The Morgan fingerprint density at radius 3 is 2.81 bits per heavy atom. The zero-order chi connectivity index (χ0) is 15.7. The monoisotopic (exact) mass is 288 g/mol. The molecule has 3 N–H and O–H groups in total. The number of carbonyl (C=O) groups is 2. The second kappa shape index (κ2) is 8.72. The summed E-state index contributed by atoms with van der Waals surface area (Å²) in [6, 6.07) is 8.79. The van der Waals surface area contributed by atoms with Gasteiger partial charge in [-0.1, -0.05) is 13.0 Å². The lowest BCUT2D eigenvalue weighted by Crippen LogP contribution is -2.34. The first-order valence-electron chi connectivity index (χ1n) is 6.85. The first-order chi connectivity index (χ1) is 10.0. The lowest BCUT2D eigenvalue weighted by atomic mass is 10.2. The van der Waals surface area contributed by atoms with E-state index in [2.05, 4.69) is 5.32 Å². The smallest absolute Gasteiger partial charge is 0.231 e. The molecule has 1 aromatic carbocycles. The molecule has 6 heteroatoms. The van der Waals surface area contributed by atoms with Crippen LogP contribution in [0.15, 0.2) is 24.3 Å². The number of nitriles is 1. The van der Waals surface area contributed by atoms with E-state index in [-0.39, 0.29) is 18.4 Å². The highest BCUT2D eigenvalue weighted by Gasteiger charge is 2.08. The number of benzene rings is 1. The molecule has 0 saturated heterocycles. The highest BCUT2D eigenvalue weighted by Crippen LogP contribution is 2.10. The summed E-state index contributed by atoms with van der Waals surface area (Å²) in [5, 5.41) is 11.5. The van der Waals surface area contributed by atoms with E-state index in [1.165, 1.54) is 0 Å². The van der Waals surface area contributed by atoms with Crippen LogP contribution < -0.4 is 11.1 Å². The van der Waals surface area contributed by atoms with Crippen molar-refractivity contribution < 1.29 is 9.59 Å². The predicted molar refractivity (Wildman–Crippen MR) is 80.3 cm³/mol. The van der Waals surface area contributed by atoms with Gasteiger partial charge in [-0.3, -0.25) is 14.5 Å². The van der Waals surface area contributed by atoms with Crippen molar-refractivity contribution in [2.45, 2.75) is 19.8 Å². The van der Waals surface area contributed by atoms with Crippen LogP contribution in [0.5, 0.6) is 0 Å². The van der Waals surface area contributed by atoms with Crippen LogP contribution >= 0.6 is 0 Å². The van der Waals surface area contributed by atoms with Gasteiger partial charge >= 0.3 is 0 Å². The van der Waals surface area contributed by atoms with Crippen molar-refractivity contribution in [2.75, 3.05) is 25.0 Å². The lowest BCUT2D eigenvalue weighted by Gasteiger charge is -2.17. The van der Waals surface area contributed by atoms with Gasteiger partial charge in [0.25, 0.3) is 0 Å². The fraction of sp³-hybridized carbons (Fsp3) is 0.400. The largest absolute Gasteiger partial charge is 0.369 e. The van der Waals surface area contributed by atoms with Gasteiger partial charge in [-0.15, -0.1) is 0 Å². The molecule has 112 valence electrons. The standard InChI is InChI=1S/C15H20N4O2/c1-2-19(11-14(17)20)8-4-7-15(21)18-13-6-3-5-12(9-13)10-16/h3,5-6,9H,2,4,7-8,11H2,1H3,(H2,17,20)(H,18,21). The van der Waals surface area contributed by atoms with Gasteiger partial charge in [0.15, 0.2) is 0 Å². The van der Waals surface area contributed by atoms with E-state index >= 15 is 0 Å². The number of nitrogens with one attached hydrogen (secondary N) is 1. The van der Waals surface area contributed by atoms with Gasteiger partial charge in [0, 0.05) is 12.1 Å². The Morgan fingerprint density at radius 2 is 2.19 bits per heavy atom. The number of primary amides is 1. The summed E-state index contributed by atoms with van der Waals surface area (Å²) in [5.74, 6) is -0.477. The zero-order valence-corrected chi connectivity index (χ0v) is 12.1. The molecular formula is C15H20N4O2. The molecule has 0 aromatic heterocycles. The van der Waals surface area contributed by atoms with Crippen molar-refractivity contribution in [1.82, 2.24) is 4.90 Å². The van der Waals surface area contributed by atoms with E-state index < -0.39 is 0 Å². The van der Waals surface area contributed by atoms with Crippen LogP contribution in [0, 0.1) is 11.3 Å². The molecule has 0 fully saturated rings. The molecule has 0 aliphatic heterocycles. The SMILES string of the molecule is CCN(CCCC(=O)Nc1cccc(C#N)c1)CC(N)=O. The number of amides is 2. The Kier molecular flexibility index (Phi) is 6.92. The molecule has 2 amide bonds. The normalized spacial score (nSPS) is 10.1. The highest BCUT2D eigenvalue weighted by atomic mass is 16.2. The molecule has 1 rings (SSSR count). The molecular weight excluding hydrogens is 268 g/mol. The molecule has 0 aliphatic rings. The maximum Gasteiger partial charge on any atom is 0.231 e. The van der Waals surface area contributed by atoms with Crippen molar-refractivity contribution in [3.8, 4) is 6.07 Å². The van der Waals surface area contributed by atoms with Crippen molar-refractivity contribution in [1.29, 1.82) is 5.26 Å². The minimum atomic E-state index is -0.366. The van der Waals surface area contributed by atoms with Gasteiger partial charge < -0.3 is 11.1 Å². The van der Waals surface area contributed by atoms with Gasteiger partial charge in [0.2, 0.25) is 11.8 Å². The summed E-state index contributed by atoms with van der Waals surface area (Å²) in [5.41, 5.74) is 6.26. The molecule has 1 aromatic rings. The van der Waals surface area contributed by atoms with Crippen LogP contribution in [-0.4, -0.2) is 36.3 Å². The van der Waals surface area contributed by atoms with Crippen molar-refractivity contribution in [3.05, 3.63) is 29.8 Å². The second-order valence-electron chi connectivity index (χ2n) is 4.68. The first kappa shape index (κ1) is 16.7. The summed E-state index contributed by atoms with van der Waals surface area (Å²) in [6.07, 6.45) is 0.997. The number of carbonyl (C=O) groups excluding carboxylic acids is 2. The summed E-state index contributed by atoms with van der Waals surface area (Å²) in [7, 11) is 0. The van der Waals surface area contributed by atoms with Crippen LogP contribution in [0.3, 0.4) is 0 Å². The number of hydrogen-bond donors (Lipinski definition) is 2. The van der Waals surface area contributed by atoms with E-state index in [0.717, 1.165) is 6.54 Å². The van der Waals surface area contributed by atoms with Crippen LogP contribution in [0.2, 0.25) is 0 Å². The molecule has 0 aliphatic carbocycles. The Morgan fingerprint density at radius 1 is 1.43 bits per heavy atom. The molecule has 0 bridgehead atoms. The fourth-order valence-corrected chi connectivity index (χ4v) is 1.92. The minimum absolute atomic E-state index is 0.111. The highest BCUT2D eigenvalue weighted by molar-refractivity contribution is 5.90. The van der Waals surface area contributed by atoms with Gasteiger partial charge in [-0.25, -0.2) is 0 Å². The topological polar surface area (TPSA) is 99.2 Å². The van der Waals surface area contributed by atoms with Gasteiger partial charge in [-0.2, -0.15) is 5.26 Å². The van der Waals surface area contributed by atoms with E-state index in [9.17, 15) is 9.59 Å². The number of anilines is 1. The van der Waals surface area contributed by atoms with Crippen LogP contribution in [0.1, 0.15) is 25.3 Å². The van der Waals surface area contributed by atoms with Gasteiger partial charge in [0.05, 0.1) is 18.2 Å². The van der Waals surface area contributed by atoms with Crippen LogP contribution in [-0.2, 0) is 9.59 Å². The van der Waals surface area contributed by atoms with Gasteiger partial charge in [-0.05, 0) is 37.7 Å². The van der Waals surface area contributed by atoms with Crippen molar-refractivity contribution >= 4 is 17.5 Å². The quantitative estimate of drug-likeness (QED) is 0.747. The van der Waals surface area contributed by atoms with E-state index in [1.54, 1.807) is 24.3 Å². The number of hydrogen-bond acceptors (Lipinski definition) is 4. The Labute approximate surface area is 124 Å². The van der Waals surface area contributed by atoms with Crippen LogP contribution in [0.25, 0.3) is 0 Å². The number of nitrogens with two attached hydrogens (primary N) is 1. The molecule has 0 heterocycles. The first-order valence-corrected chi connectivity index (χ1v) is 6.85. The van der Waals surface area contributed by atoms with Crippen molar-refractivity contribution in [3.63, 3.8) is 0 Å². The van der Waals surface area contributed by atoms with Crippen LogP contribution in [0.4, 0.5) is 5.69 Å². The third-order valence-corrected chi connectivity index (χ3v) is 2.98. The Hall–Kier alpha value is -2.39. The Bertz CT molecular complexity index is 537. The molecule has 0 radical (unpaired) electrons. The summed E-state index contributed by atoms with van der Waals surface area (Å²) in [4.78, 5) is 24.5. The molecule has 21 heavy (non-hydrogen) atoms. The van der Waals surface area contributed by atoms with E-state index in [1.807, 2.05) is 17.9 Å². The molecule has 6 nitrogen and oxygen atoms in total. The maximum absolute atomic E-state index is 11.8. The van der Waals surface area contributed by atoms with Crippen molar-refractivity contribution in [2.24, 2.45) is 5.73 Å². The molecule has 0 saturated carbocycles. The third-order valence-electron chi connectivity index (χ3n) is 2.98. The second-order valence-corrected chi connectivity index (χ2v) is 4.68. The average molecular weight is 288 g/mol.